The number of hydrogen-bond acceptors (Lipinski definition) is 3. The summed E-state index contributed by atoms with van der Waals surface area (Å²) in [5.41, 5.74) is 2.05. The van der Waals surface area contributed by atoms with Crippen molar-refractivity contribution >= 4 is 12.0 Å². The lowest BCUT2D eigenvalue weighted by Crippen LogP contribution is -2.33. The third kappa shape index (κ3) is 5.58. The molecule has 0 fully saturated rings. The SMILES string of the molecule is CC(C)(C)OC(=O)NCCCC(=O)NC1CCc2ccccc21. The van der Waals surface area contributed by atoms with Crippen LogP contribution in [0.2, 0.25) is 0 Å². The first-order valence-electron chi connectivity index (χ1n) is 8.19. The molecule has 0 aromatic heterocycles. The first kappa shape index (κ1) is 17.3. The van der Waals surface area contributed by atoms with Crippen LogP contribution in [0.5, 0.6) is 0 Å². The zero-order valence-electron chi connectivity index (χ0n) is 14.1. The number of alkyl carbamates (subject to hydrolysis) is 1. The Morgan fingerprint density at radius 3 is 2.74 bits per heavy atom. The number of amides is 2. The van der Waals surface area contributed by atoms with E-state index in [1.54, 1.807) is 0 Å². The smallest absolute Gasteiger partial charge is 0.407 e. The first-order valence-corrected chi connectivity index (χ1v) is 8.19. The van der Waals surface area contributed by atoms with Crippen molar-refractivity contribution in [3.8, 4) is 0 Å². The number of fused-ring (bicyclic) bond motifs is 1. The van der Waals surface area contributed by atoms with Crippen molar-refractivity contribution in [1.82, 2.24) is 10.6 Å². The molecule has 0 radical (unpaired) electrons. The van der Waals surface area contributed by atoms with Crippen LogP contribution in [0.15, 0.2) is 24.3 Å². The normalized spacial score (nSPS) is 16.6. The maximum absolute atomic E-state index is 12.0. The van der Waals surface area contributed by atoms with Crippen LogP contribution in [-0.4, -0.2) is 24.1 Å². The highest BCUT2D eigenvalue weighted by Crippen LogP contribution is 2.30. The average Bonchev–Trinajstić information content (AvgIpc) is 2.85. The standard InChI is InChI=1S/C18H26N2O3/c1-18(2,3)23-17(22)19-12-6-9-16(21)20-15-11-10-13-7-4-5-8-14(13)15/h4-5,7-8,15H,6,9-12H2,1-3H3,(H,19,22)(H,20,21). The molecule has 0 spiro atoms. The Kier molecular flexibility index (Phi) is 5.64. The van der Waals surface area contributed by atoms with Gasteiger partial charge in [-0.15, -0.1) is 0 Å². The summed E-state index contributed by atoms with van der Waals surface area (Å²) in [6, 6.07) is 8.36. The number of benzene rings is 1. The second-order valence-electron chi connectivity index (χ2n) is 6.89. The molecule has 1 unspecified atom stereocenters. The van der Waals surface area contributed by atoms with Gasteiger partial charge in [0.1, 0.15) is 5.60 Å². The van der Waals surface area contributed by atoms with E-state index in [9.17, 15) is 9.59 Å². The van der Waals surface area contributed by atoms with Gasteiger partial charge in [-0.05, 0) is 51.2 Å². The Balaban J connectivity index is 1.66. The zero-order valence-corrected chi connectivity index (χ0v) is 14.1. The van der Waals surface area contributed by atoms with Crippen LogP contribution in [0.3, 0.4) is 0 Å². The third-order valence-corrected chi connectivity index (χ3v) is 3.72. The van der Waals surface area contributed by atoms with Crippen LogP contribution in [0.1, 0.15) is 57.2 Å². The molecule has 5 nitrogen and oxygen atoms in total. The number of carbonyl (C=O) groups excluding carboxylic acids is 2. The molecule has 126 valence electrons. The molecule has 0 heterocycles. The van der Waals surface area contributed by atoms with Crippen LogP contribution in [0.4, 0.5) is 4.79 Å². The summed E-state index contributed by atoms with van der Waals surface area (Å²) in [6.07, 6.45) is 2.53. The number of ether oxygens (including phenoxy) is 1. The number of rotatable bonds is 5. The maximum atomic E-state index is 12.0. The van der Waals surface area contributed by atoms with Crippen molar-refractivity contribution in [1.29, 1.82) is 0 Å². The summed E-state index contributed by atoms with van der Waals surface area (Å²) >= 11 is 0. The van der Waals surface area contributed by atoms with Crippen molar-refractivity contribution in [2.75, 3.05) is 6.54 Å². The third-order valence-electron chi connectivity index (χ3n) is 3.72. The van der Waals surface area contributed by atoms with E-state index in [4.69, 9.17) is 4.74 Å². The number of carbonyl (C=O) groups is 2. The minimum Gasteiger partial charge on any atom is -0.444 e. The van der Waals surface area contributed by atoms with E-state index in [1.807, 2.05) is 32.9 Å². The Morgan fingerprint density at radius 2 is 2.00 bits per heavy atom. The molecular formula is C18H26N2O3. The van der Waals surface area contributed by atoms with E-state index in [1.165, 1.54) is 11.1 Å². The molecule has 0 saturated carbocycles. The summed E-state index contributed by atoms with van der Waals surface area (Å²) < 4.78 is 5.14. The molecule has 2 N–H and O–H groups in total. The van der Waals surface area contributed by atoms with Crippen molar-refractivity contribution in [2.24, 2.45) is 0 Å². The molecule has 1 aliphatic rings. The molecular weight excluding hydrogens is 292 g/mol. The topological polar surface area (TPSA) is 67.4 Å². The lowest BCUT2D eigenvalue weighted by atomic mass is 10.1. The molecule has 0 saturated heterocycles. The van der Waals surface area contributed by atoms with E-state index >= 15 is 0 Å². The second kappa shape index (κ2) is 7.49. The van der Waals surface area contributed by atoms with E-state index in [0.717, 1.165) is 12.8 Å². The summed E-state index contributed by atoms with van der Waals surface area (Å²) in [7, 11) is 0. The first-order chi connectivity index (χ1) is 10.8. The van der Waals surface area contributed by atoms with Gasteiger partial charge in [0.15, 0.2) is 0 Å². The highest BCUT2D eigenvalue weighted by Gasteiger charge is 2.23. The monoisotopic (exact) mass is 318 g/mol. The Hall–Kier alpha value is -2.04. The highest BCUT2D eigenvalue weighted by atomic mass is 16.6. The summed E-state index contributed by atoms with van der Waals surface area (Å²) in [6.45, 7) is 5.89. The van der Waals surface area contributed by atoms with Crippen molar-refractivity contribution in [3.63, 3.8) is 0 Å². The van der Waals surface area contributed by atoms with E-state index < -0.39 is 11.7 Å². The minimum atomic E-state index is -0.503. The fourth-order valence-electron chi connectivity index (χ4n) is 2.73. The van der Waals surface area contributed by atoms with Crippen LogP contribution in [0, 0.1) is 0 Å². The molecule has 23 heavy (non-hydrogen) atoms. The molecule has 0 aliphatic heterocycles. The lowest BCUT2D eigenvalue weighted by Gasteiger charge is -2.19. The van der Waals surface area contributed by atoms with Crippen molar-refractivity contribution in [2.45, 2.75) is 58.1 Å². The largest absolute Gasteiger partial charge is 0.444 e. The van der Waals surface area contributed by atoms with Gasteiger partial charge in [-0.2, -0.15) is 0 Å². The van der Waals surface area contributed by atoms with Gasteiger partial charge in [-0.3, -0.25) is 4.79 Å². The van der Waals surface area contributed by atoms with Gasteiger partial charge < -0.3 is 15.4 Å². The molecule has 0 bridgehead atoms. The molecule has 2 amide bonds. The maximum Gasteiger partial charge on any atom is 0.407 e. The predicted octanol–water partition coefficient (Wildman–Crippen LogP) is 3.10. The van der Waals surface area contributed by atoms with Crippen LogP contribution < -0.4 is 10.6 Å². The second-order valence-corrected chi connectivity index (χ2v) is 6.89. The Morgan fingerprint density at radius 1 is 1.26 bits per heavy atom. The predicted molar refractivity (Wildman–Crippen MR) is 89.1 cm³/mol. The van der Waals surface area contributed by atoms with Crippen molar-refractivity contribution in [3.05, 3.63) is 35.4 Å². The van der Waals surface area contributed by atoms with Gasteiger partial charge in [0.2, 0.25) is 5.91 Å². The fourth-order valence-corrected chi connectivity index (χ4v) is 2.73. The zero-order chi connectivity index (χ0) is 16.9. The van der Waals surface area contributed by atoms with Gasteiger partial charge in [-0.1, -0.05) is 24.3 Å². The molecule has 1 atom stereocenters. The quantitative estimate of drug-likeness (QED) is 0.820. The minimum absolute atomic E-state index is 0.0256. The van der Waals surface area contributed by atoms with Gasteiger partial charge in [-0.25, -0.2) is 4.79 Å². The summed E-state index contributed by atoms with van der Waals surface area (Å²) in [4.78, 5) is 23.5. The number of aryl methyl sites for hydroxylation is 1. The van der Waals surface area contributed by atoms with E-state index in [0.29, 0.717) is 19.4 Å². The molecule has 1 aromatic rings. The van der Waals surface area contributed by atoms with E-state index in [-0.39, 0.29) is 11.9 Å². The Labute approximate surface area is 137 Å². The highest BCUT2D eigenvalue weighted by molar-refractivity contribution is 5.76. The lowest BCUT2D eigenvalue weighted by molar-refractivity contribution is -0.121. The van der Waals surface area contributed by atoms with Gasteiger partial charge in [0, 0.05) is 13.0 Å². The Bertz CT molecular complexity index is 564. The van der Waals surface area contributed by atoms with Gasteiger partial charge in [0.05, 0.1) is 6.04 Å². The average molecular weight is 318 g/mol. The summed E-state index contributed by atoms with van der Waals surface area (Å²) in [5, 5.41) is 5.74. The molecule has 1 aliphatic carbocycles. The molecule has 2 rings (SSSR count). The van der Waals surface area contributed by atoms with Crippen LogP contribution in [0.25, 0.3) is 0 Å². The van der Waals surface area contributed by atoms with E-state index in [2.05, 4.69) is 22.8 Å². The van der Waals surface area contributed by atoms with Gasteiger partial charge >= 0.3 is 6.09 Å². The molecule has 5 heteroatoms. The van der Waals surface area contributed by atoms with Crippen molar-refractivity contribution < 1.29 is 14.3 Å². The van der Waals surface area contributed by atoms with Gasteiger partial charge in [0.25, 0.3) is 0 Å². The fraction of sp³-hybridized carbons (Fsp3) is 0.556. The number of nitrogens with one attached hydrogen (secondary N) is 2. The van der Waals surface area contributed by atoms with Crippen LogP contribution >= 0.6 is 0 Å². The van der Waals surface area contributed by atoms with Crippen LogP contribution in [-0.2, 0) is 16.0 Å². The summed E-state index contributed by atoms with van der Waals surface area (Å²) in [5.74, 6) is 0.0256. The number of hydrogen-bond donors (Lipinski definition) is 2. The molecule has 1 aromatic carbocycles.